The topological polar surface area (TPSA) is 43.1 Å². The van der Waals surface area contributed by atoms with Crippen LogP contribution in [0.25, 0.3) is 5.57 Å². The van der Waals surface area contributed by atoms with Gasteiger partial charge in [-0.15, -0.1) is 0 Å². The maximum absolute atomic E-state index is 12.5. The van der Waals surface area contributed by atoms with Gasteiger partial charge in [-0.3, -0.25) is 4.79 Å². The van der Waals surface area contributed by atoms with E-state index in [9.17, 15) is 4.79 Å². The highest BCUT2D eigenvalue weighted by molar-refractivity contribution is 6.31. The van der Waals surface area contributed by atoms with Crippen molar-refractivity contribution in [3.63, 3.8) is 0 Å². The Labute approximate surface area is 136 Å². The van der Waals surface area contributed by atoms with Gasteiger partial charge >= 0.3 is 0 Å². The molecule has 0 aliphatic heterocycles. The van der Waals surface area contributed by atoms with Gasteiger partial charge in [0.15, 0.2) is 5.78 Å². The molecule has 114 valence electrons. The van der Waals surface area contributed by atoms with Crippen molar-refractivity contribution in [1.29, 1.82) is 0 Å². The first-order valence-electron chi connectivity index (χ1n) is 7.16. The number of nitrogen functional groups attached to an aromatic ring is 1. The quantitative estimate of drug-likeness (QED) is 0.642. The lowest BCUT2D eigenvalue weighted by Crippen LogP contribution is -2.18. The highest BCUT2D eigenvalue weighted by atomic mass is 35.5. The highest BCUT2D eigenvalue weighted by Gasteiger charge is 2.21. The monoisotopic (exact) mass is 313 g/mol. The van der Waals surface area contributed by atoms with E-state index in [1.807, 2.05) is 51.1 Å². The van der Waals surface area contributed by atoms with E-state index in [0.29, 0.717) is 10.7 Å². The zero-order valence-electron chi connectivity index (χ0n) is 13.1. The second kappa shape index (κ2) is 6.37. The minimum atomic E-state index is -0.451. The summed E-state index contributed by atoms with van der Waals surface area (Å²) in [4.78, 5) is 12.5. The molecule has 0 saturated carbocycles. The number of benzene rings is 2. The molecule has 2 aromatic rings. The van der Waals surface area contributed by atoms with Crippen LogP contribution in [-0.2, 0) is 4.79 Å². The number of allylic oxidation sites excluding steroid dienone is 1. The van der Waals surface area contributed by atoms with Crippen molar-refractivity contribution in [1.82, 2.24) is 0 Å². The molecule has 2 nitrogen and oxygen atoms in total. The minimum absolute atomic E-state index is 0.0470. The average Bonchev–Trinajstić information content (AvgIpc) is 2.47. The molecule has 3 heteroatoms. The lowest BCUT2D eigenvalue weighted by Gasteiger charge is -2.17. The van der Waals surface area contributed by atoms with Crippen LogP contribution in [0, 0.1) is 5.41 Å². The molecular weight excluding hydrogens is 294 g/mol. The number of carbonyl (C=O) groups excluding carboxylic acids is 1. The maximum Gasteiger partial charge on any atom is 0.161 e. The molecule has 2 rings (SSSR count). The molecule has 2 N–H and O–H groups in total. The Bertz CT molecular complexity index is 712. The molecular formula is C19H20ClNO. The van der Waals surface area contributed by atoms with E-state index in [-0.39, 0.29) is 5.78 Å². The first-order chi connectivity index (χ1) is 10.3. The Balaban J connectivity index is 2.64. The number of ketones is 1. The Morgan fingerprint density at radius 1 is 1.09 bits per heavy atom. The first-order valence-corrected chi connectivity index (χ1v) is 7.54. The van der Waals surface area contributed by atoms with Gasteiger partial charge in [0.2, 0.25) is 0 Å². The number of hydrogen-bond donors (Lipinski definition) is 1. The van der Waals surface area contributed by atoms with Gasteiger partial charge in [0, 0.05) is 21.7 Å². The number of carbonyl (C=O) groups is 1. The van der Waals surface area contributed by atoms with Gasteiger partial charge in [0.25, 0.3) is 0 Å². The predicted molar refractivity (Wildman–Crippen MR) is 93.8 cm³/mol. The van der Waals surface area contributed by atoms with Crippen molar-refractivity contribution in [3.05, 3.63) is 70.8 Å². The van der Waals surface area contributed by atoms with E-state index in [2.05, 4.69) is 0 Å². The van der Waals surface area contributed by atoms with Crippen LogP contribution in [0.2, 0.25) is 5.02 Å². The molecule has 0 atom stereocenters. The van der Waals surface area contributed by atoms with Crippen molar-refractivity contribution in [2.45, 2.75) is 20.8 Å². The maximum atomic E-state index is 12.5. The van der Waals surface area contributed by atoms with Gasteiger partial charge < -0.3 is 5.73 Å². The second-order valence-corrected chi connectivity index (χ2v) is 6.71. The molecule has 0 bridgehead atoms. The van der Waals surface area contributed by atoms with E-state index in [1.165, 1.54) is 0 Å². The van der Waals surface area contributed by atoms with Crippen molar-refractivity contribution < 1.29 is 4.79 Å². The van der Waals surface area contributed by atoms with Crippen molar-refractivity contribution in [2.24, 2.45) is 5.41 Å². The lowest BCUT2D eigenvalue weighted by molar-refractivity contribution is -0.121. The molecule has 0 aliphatic carbocycles. The van der Waals surface area contributed by atoms with Gasteiger partial charge in [-0.05, 0) is 35.4 Å². The fourth-order valence-electron chi connectivity index (χ4n) is 2.04. The zero-order valence-corrected chi connectivity index (χ0v) is 13.8. The molecule has 0 aliphatic rings. The Morgan fingerprint density at radius 3 is 2.32 bits per heavy atom. The van der Waals surface area contributed by atoms with Crippen LogP contribution < -0.4 is 5.73 Å². The number of rotatable bonds is 3. The molecule has 0 heterocycles. The van der Waals surface area contributed by atoms with Crippen molar-refractivity contribution in [2.75, 3.05) is 5.73 Å². The summed E-state index contributed by atoms with van der Waals surface area (Å²) in [5.74, 6) is 0.0470. The van der Waals surface area contributed by atoms with Gasteiger partial charge in [-0.25, -0.2) is 0 Å². The fraction of sp³-hybridized carbons (Fsp3) is 0.211. The molecule has 0 aromatic heterocycles. The van der Waals surface area contributed by atoms with E-state index in [0.717, 1.165) is 16.7 Å². The van der Waals surface area contributed by atoms with E-state index >= 15 is 0 Å². The smallest absolute Gasteiger partial charge is 0.161 e. The van der Waals surface area contributed by atoms with Crippen molar-refractivity contribution in [3.8, 4) is 0 Å². The molecule has 0 saturated heterocycles. The summed E-state index contributed by atoms with van der Waals surface area (Å²) in [6.07, 6.45) is 1.66. The lowest BCUT2D eigenvalue weighted by atomic mass is 9.87. The van der Waals surface area contributed by atoms with E-state index < -0.39 is 5.41 Å². The van der Waals surface area contributed by atoms with Crippen molar-refractivity contribution >= 4 is 28.6 Å². The molecule has 0 unspecified atom stereocenters. The van der Waals surface area contributed by atoms with Crippen LogP contribution >= 0.6 is 11.6 Å². The first kappa shape index (κ1) is 16.3. The van der Waals surface area contributed by atoms with Crippen LogP contribution in [-0.4, -0.2) is 5.78 Å². The zero-order chi connectivity index (χ0) is 16.3. The third-order valence-corrected chi connectivity index (χ3v) is 3.64. The standard InChI is InChI=1S/C19H20ClNO/c1-19(2,3)18(22)12-15(13-7-5-4-6-8-13)16-11-14(20)9-10-17(16)21/h4-12H,21H2,1-3H3/b15-12+. The molecule has 0 fully saturated rings. The normalized spacial score (nSPS) is 12.3. The third kappa shape index (κ3) is 3.77. The van der Waals surface area contributed by atoms with Crippen LogP contribution in [0.15, 0.2) is 54.6 Å². The van der Waals surface area contributed by atoms with Crippen LogP contribution in [0.1, 0.15) is 31.9 Å². The molecule has 22 heavy (non-hydrogen) atoms. The van der Waals surface area contributed by atoms with Gasteiger partial charge in [0.1, 0.15) is 0 Å². The number of nitrogens with two attached hydrogens (primary N) is 1. The summed E-state index contributed by atoms with van der Waals surface area (Å²) in [6, 6.07) is 15.0. The summed E-state index contributed by atoms with van der Waals surface area (Å²) in [6.45, 7) is 5.70. The second-order valence-electron chi connectivity index (χ2n) is 6.27. The van der Waals surface area contributed by atoms with Gasteiger partial charge in [-0.1, -0.05) is 62.7 Å². The van der Waals surface area contributed by atoms with Gasteiger partial charge in [-0.2, -0.15) is 0 Å². The Morgan fingerprint density at radius 2 is 1.73 bits per heavy atom. The summed E-state index contributed by atoms with van der Waals surface area (Å²) < 4.78 is 0. The number of anilines is 1. The largest absolute Gasteiger partial charge is 0.398 e. The van der Waals surface area contributed by atoms with Gasteiger partial charge in [0.05, 0.1) is 0 Å². The Kier molecular flexibility index (Phi) is 4.72. The van der Waals surface area contributed by atoms with E-state index in [1.54, 1.807) is 24.3 Å². The molecule has 2 aromatic carbocycles. The minimum Gasteiger partial charge on any atom is -0.398 e. The fourth-order valence-corrected chi connectivity index (χ4v) is 2.22. The summed E-state index contributed by atoms with van der Waals surface area (Å²) in [5.41, 5.74) is 8.75. The summed E-state index contributed by atoms with van der Waals surface area (Å²) in [7, 11) is 0. The Hall–Kier alpha value is -2.06. The number of hydrogen-bond acceptors (Lipinski definition) is 2. The average molecular weight is 314 g/mol. The summed E-state index contributed by atoms with van der Waals surface area (Å²) >= 11 is 6.11. The van der Waals surface area contributed by atoms with E-state index in [4.69, 9.17) is 17.3 Å². The number of halogens is 1. The van der Waals surface area contributed by atoms with Crippen LogP contribution in [0.5, 0.6) is 0 Å². The molecule has 0 radical (unpaired) electrons. The molecule has 0 spiro atoms. The predicted octanol–water partition coefficient (Wildman–Crippen LogP) is 4.97. The third-order valence-electron chi connectivity index (χ3n) is 3.40. The van der Waals surface area contributed by atoms with Crippen LogP contribution in [0.4, 0.5) is 5.69 Å². The van der Waals surface area contributed by atoms with Crippen LogP contribution in [0.3, 0.4) is 0 Å². The summed E-state index contributed by atoms with van der Waals surface area (Å²) in [5, 5.41) is 0.592. The SMILES string of the molecule is CC(C)(C)C(=O)/C=C(\c1ccccc1)c1cc(Cl)ccc1N. The highest BCUT2D eigenvalue weighted by Crippen LogP contribution is 2.31. The molecule has 0 amide bonds.